The molecule has 1 aromatic carbocycles. The number of hydrogen-bond acceptors (Lipinski definition) is 2. The summed E-state index contributed by atoms with van der Waals surface area (Å²) in [5.41, 5.74) is 0. The minimum Gasteiger partial charge on any atom is -0.486 e. The van der Waals surface area contributed by atoms with Crippen molar-refractivity contribution < 1.29 is 9.13 Å². The minimum absolute atomic E-state index is 0.0857. The molecule has 1 aliphatic rings. The Balaban J connectivity index is 2.06. The van der Waals surface area contributed by atoms with Gasteiger partial charge in [0, 0.05) is 6.54 Å². The van der Waals surface area contributed by atoms with Gasteiger partial charge < -0.3 is 10.1 Å². The Bertz CT molecular complexity index is 339. The third-order valence-corrected chi connectivity index (χ3v) is 3.07. The van der Waals surface area contributed by atoms with Gasteiger partial charge in [-0.25, -0.2) is 4.39 Å². The second-order valence-corrected chi connectivity index (χ2v) is 4.49. The maximum absolute atomic E-state index is 13.6. The van der Waals surface area contributed by atoms with Gasteiger partial charge in [0.25, 0.3) is 0 Å². The number of halogens is 2. The maximum Gasteiger partial charge on any atom is 0.179 e. The summed E-state index contributed by atoms with van der Waals surface area (Å²) in [5, 5.41) is 3.23. The first-order valence-corrected chi connectivity index (χ1v) is 5.88. The molecular weight excluding hydrogens is 261 g/mol. The first kappa shape index (κ1) is 10.9. The third kappa shape index (κ3) is 2.69. The van der Waals surface area contributed by atoms with Crippen LogP contribution >= 0.6 is 15.9 Å². The Kier molecular flexibility index (Phi) is 3.59. The van der Waals surface area contributed by atoms with Crippen LogP contribution in [0.15, 0.2) is 22.7 Å². The Morgan fingerprint density at radius 2 is 2.33 bits per heavy atom. The molecule has 0 spiro atoms. The number of rotatable bonds is 2. The van der Waals surface area contributed by atoms with Crippen LogP contribution in [0.2, 0.25) is 0 Å². The van der Waals surface area contributed by atoms with Crippen LogP contribution in [0.1, 0.15) is 12.8 Å². The Morgan fingerprint density at radius 3 is 3.07 bits per heavy atom. The number of ether oxygens (including phenoxy) is 1. The molecule has 1 atom stereocenters. The van der Waals surface area contributed by atoms with E-state index in [9.17, 15) is 4.39 Å². The largest absolute Gasteiger partial charge is 0.486 e. The summed E-state index contributed by atoms with van der Waals surface area (Å²) in [5.74, 6) is 0.0150. The molecule has 0 bridgehead atoms. The van der Waals surface area contributed by atoms with E-state index in [0.717, 1.165) is 25.9 Å². The topological polar surface area (TPSA) is 21.3 Å². The van der Waals surface area contributed by atoms with E-state index in [2.05, 4.69) is 21.2 Å². The fourth-order valence-electron chi connectivity index (χ4n) is 1.68. The van der Waals surface area contributed by atoms with E-state index in [1.807, 2.05) is 0 Å². The van der Waals surface area contributed by atoms with E-state index in [0.29, 0.717) is 10.2 Å². The van der Waals surface area contributed by atoms with Crippen LogP contribution in [0.25, 0.3) is 0 Å². The molecule has 82 valence electrons. The highest BCUT2D eigenvalue weighted by molar-refractivity contribution is 9.10. The van der Waals surface area contributed by atoms with Gasteiger partial charge in [0.05, 0.1) is 4.47 Å². The zero-order valence-electron chi connectivity index (χ0n) is 8.30. The van der Waals surface area contributed by atoms with Gasteiger partial charge in [-0.15, -0.1) is 0 Å². The van der Waals surface area contributed by atoms with Crippen LogP contribution in [-0.2, 0) is 0 Å². The molecule has 0 aliphatic carbocycles. The average molecular weight is 274 g/mol. The van der Waals surface area contributed by atoms with Crippen LogP contribution in [0, 0.1) is 5.82 Å². The Morgan fingerprint density at radius 1 is 1.47 bits per heavy atom. The van der Waals surface area contributed by atoms with Gasteiger partial charge in [-0.05, 0) is 47.4 Å². The first-order valence-electron chi connectivity index (χ1n) is 5.09. The molecule has 2 nitrogen and oxygen atoms in total. The third-order valence-electron chi connectivity index (χ3n) is 2.46. The van der Waals surface area contributed by atoms with Crippen molar-refractivity contribution in [3.8, 4) is 5.75 Å². The molecule has 1 aliphatic heterocycles. The molecule has 0 aromatic heterocycles. The van der Waals surface area contributed by atoms with E-state index in [1.165, 1.54) is 0 Å². The lowest BCUT2D eigenvalue weighted by Crippen LogP contribution is -2.37. The van der Waals surface area contributed by atoms with Crippen molar-refractivity contribution in [1.82, 2.24) is 5.32 Å². The monoisotopic (exact) mass is 273 g/mol. The molecule has 1 N–H and O–H groups in total. The Labute approximate surface area is 96.9 Å². The van der Waals surface area contributed by atoms with Crippen LogP contribution in [-0.4, -0.2) is 19.2 Å². The second kappa shape index (κ2) is 4.94. The lowest BCUT2D eigenvalue weighted by atomic mass is 10.1. The molecule has 0 saturated carbocycles. The second-order valence-electron chi connectivity index (χ2n) is 3.64. The highest BCUT2D eigenvalue weighted by Gasteiger charge is 2.16. The number of piperidine rings is 1. The molecular formula is C11H13BrFNO. The van der Waals surface area contributed by atoms with Gasteiger partial charge in [0.15, 0.2) is 11.6 Å². The van der Waals surface area contributed by atoms with Gasteiger partial charge in [-0.2, -0.15) is 0 Å². The van der Waals surface area contributed by atoms with Gasteiger partial charge in [0.2, 0.25) is 0 Å². The molecule has 1 aromatic rings. The molecule has 1 saturated heterocycles. The summed E-state index contributed by atoms with van der Waals surface area (Å²) in [6.45, 7) is 1.83. The highest BCUT2D eigenvalue weighted by atomic mass is 79.9. The molecule has 1 heterocycles. The fraction of sp³-hybridized carbons (Fsp3) is 0.455. The van der Waals surface area contributed by atoms with E-state index in [4.69, 9.17) is 4.74 Å². The SMILES string of the molecule is Fc1c(Br)cccc1OC1CCCNC1. The van der Waals surface area contributed by atoms with Crippen LogP contribution < -0.4 is 10.1 Å². The van der Waals surface area contributed by atoms with E-state index in [1.54, 1.807) is 18.2 Å². The predicted molar refractivity (Wildman–Crippen MR) is 60.6 cm³/mol. The van der Waals surface area contributed by atoms with Gasteiger partial charge in [-0.3, -0.25) is 0 Å². The van der Waals surface area contributed by atoms with Gasteiger partial charge >= 0.3 is 0 Å². The van der Waals surface area contributed by atoms with Crippen LogP contribution in [0.5, 0.6) is 5.75 Å². The van der Waals surface area contributed by atoms with Crippen molar-refractivity contribution in [1.29, 1.82) is 0 Å². The van der Waals surface area contributed by atoms with E-state index < -0.39 is 0 Å². The van der Waals surface area contributed by atoms with E-state index in [-0.39, 0.29) is 11.9 Å². The van der Waals surface area contributed by atoms with Crippen molar-refractivity contribution in [2.75, 3.05) is 13.1 Å². The summed E-state index contributed by atoms with van der Waals surface area (Å²) in [4.78, 5) is 0. The fourth-order valence-corrected chi connectivity index (χ4v) is 2.02. The average Bonchev–Trinajstić information content (AvgIpc) is 2.26. The molecule has 4 heteroatoms. The summed E-state index contributed by atoms with van der Waals surface area (Å²) in [6.07, 6.45) is 2.15. The van der Waals surface area contributed by atoms with Crippen LogP contribution in [0.4, 0.5) is 4.39 Å². The molecule has 15 heavy (non-hydrogen) atoms. The Hall–Kier alpha value is -0.610. The maximum atomic E-state index is 13.6. The zero-order chi connectivity index (χ0) is 10.7. The van der Waals surface area contributed by atoms with Gasteiger partial charge in [0.1, 0.15) is 6.10 Å². The summed E-state index contributed by atoms with van der Waals surface area (Å²) in [7, 11) is 0. The summed E-state index contributed by atoms with van der Waals surface area (Å²) in [6, 6.07) is 5.11. The number of nitrogens with one attached hydrogen (secondary N) is 1. The molecule has 0 amide bonds. The van der Waals surface area contributed by atoms with Crippen molar-refractivity contribution in [3.63, 3.8) is 0 Å². The summed E-state index contributed by atoms with van der Waals surface area (Å²) >= 11 is 3.14. The van der Waals surface area contributed by atoms with Crippen molar-refractivity contribution in [2.24, 2.45) is 0 Å². The van der Waals surface area contributed by atoms with E-state index >= 15 is 0 Å². The lowest BCUT2D eigenvalue weighted by molar-refractivity contribution is 0.160. The molecule has 0 radical (unpaired) electrons. The minimum atomic E-state index is -0.317. The zero-order valence-corrected chi connectivity index (χ0v) is 9.89. The molecule has 1 unspecified atom stereocenters. The quantitative estimate of drug-likeness (QED) is 0.895. The first-order chi connectivity index (χ1) is 7.27. The number of benzene rings is 1. The van der Waals surface area contributed by atoms with Crippen molar-refractivity contribution in [3.05, 3.63) is 28.5 Å². The predicted octanol–water partition coefficient (Wildman–Crippen LogP) is 2.72. The molecule has 2 rings (SSSR count). The van der Waals surface area contributed by atoms with Gasteiger partial charge in [-0.1, -0.05) is 6.07 Å². The standard InChI is InChI=1S/C11H13BrFNO/c12-9-4-1-5-10(11(9)13)15-8-3-2-6-14-7-8/h1,4-5,8,14H,2-3,6-7H2. The van der Waals surface area contributed by atoms with Crippen molar-refractivity contribution in [2.45, 2.75) is 18.9 Å². The van der Waals surface area contributed by atoms with Crippen LogP contribution in [0.3, 0.4) is 0 Å². The smallest absolute Gasteiger partial charge is 0.179 e. The summed E-state index contributed by atoms with van der Waals surface area (Å²) < 4.78 is 19.6. The lowest BCUT2D eigenvalue weighted by Gasteiger charge is -2.24. The highest BCUT2D eigenvalue weighted by Crippen LogP contribution is 2.26. The number of hydrogen-bond donors (Lipinski definition) is 1. The molecule has 1 fully saturated rings. The normalized spacial score (nSPS) is 21.3. The van der Waals surface area contributed by atoms with Crippen molar-refractivity contribution >= 4 is 15.9 Å².